The molecular formula is C16H20F2N2O. The summed E-state index contributed by atoms with van der Waals surface area (Å²) in [4.78, 5) is 15.4. The topological polar surface area (TPSA) is 23.6 Å². The van der Waals surface area contributed by atoms with Gasteiger partial charge in [0.1, 0.15) is 11.6 Å². The van der Waals surface area contributed by atoms with Crippen LogP contribution in [0.15, 0.2) is 43.5 Å². The molecule has 0 aliphatic heterocycles. The highest BCUT2D eigenvalue weighted by molar-refractivity contribution is 5.78. The molecule has 0 saturated carbocycles. The molecule has 0 aliphatic rings. The highest BCUT2D eigenvalue weighted by Crippen LogP contribution is 2.11. The van der Waals surface area contributed by atoms with E-state index in [1.54, 1.807) is 29.0 Å². The van der Waals surface area contributed by atoms with E-state index in [4.69, 9.17) is 0 Å². The van der Waals surface area contributed by atoms with Crippen molar-refractivity contribution in [2.75, 3.05) is 26.7 Å². The fourth-order valence-electron chi connectivity index (χ4n) is 1.92. The molecule has 1 amide bonds. The van der Waals surface area contributed by atoms with Crippen molar-refractivity contribution in [3.63, 3.8) is 0 Å². The third kappa shape index (κ3) is 5.47. The first-order chi connectivity index (χ1) is 9.97. The zero-order valence-electron chi connectivity index (χ0n) is 12.2. The average molecular weight is 294 g/mol. The lowest BCUT2D eigenvalue weighted by Gasteiger charge is -2.23. The van der Waals surface area contributed by atoms with Crippen LogP contribution in [0.4, 0.5) is 8.78 Å². The van der Waals surface area contributed by atoms with Crippen molar-refractivity contribution in [2.24, 2.45) is 0 Å². The molecule has 114 valence electrons. The Morgan fingerprint density at radius 2 is 1.86 bits per heavy atom. The van der Waals surface area contributed by atoms with Crippen LogP contribution in [0.5, 0.6) is 0 Å². The van der Waals surface area contributed by atoms with Gasteiger partial charge in [-0.1, -0.05) is 18.2 Å². The SMILES string of the molecule is C=CCN(CC=C)C(=O)CN(C)Cc1ccc(F)cc1F. The summed E-state index contributed by atoms with van der Waals surface area (Å²) in [5.41, 5.74) is 0.352. The zero-order valence-corrected chi connectivity index (χ0v) is 12.2. The van der Waals surface area contributed by atoms with Crippen LogP contribution in [0.1, 0.15) is 5.56 Å². The molecule has 0 radical (unpaired) electrons. The molecule has 3 nitrogen and oxygen atoms in total. The molecule has 1 rings (SSSR count). The van der Waals surface area contributed by atoms with Crippen LogP contribution in [0.3, 0.4) is 0 Å². The van der Waals surface area contributed by atoms with Crippen LogP contribution >= 0.6 is 0 Å². The van der Waals surface area contributed by atoms with Crippen molar-refractivity contribution in [1.29, 1.82) is 0 Å². The van der Waals surface area contributed by atoms with E-state index in [1.807, 2.05) is 0 Å². The van der Waals surface area contributed by atoms with Crippen molar-refractivity contribution in [3.05, 3.63) is 60.7 Å². The summed E-state index contributed by atoms with van der Waals surface area (Å²) >= 11 is 0. The molecule has 0 N–H and O–H groups in total. The van der Waals surface area contributed by atoms with Crippen molar-refractivity contribution in [2.45, 2.75) is 6.54 Å². The number of nitrogens with zero attached hydrogens (tertiary/aromatic N) is 2. The van der Waals surface area contributed by atoms with E-state index in [1.165, 1.54) is 12.1 Å². The Hall–Kier alpha value is -2.01. The van der Waals surface area contributed by atoms with Gasteiger partial charge in [-0.25, -0.2) is 8.78 Å². The molecule has 0 saturated heterocycles. The lowest BCUT2D eigenvalue weighted by molar-refractivity contribution is -0.131. The second-order valence-electron chi connectivity index (χ2n) is 4.78. The molecule has 0 aliphatic carbocycles. The van der Waals surface area contributed by atoms with Crippen LogP contribution in [-0.4, -0.2) is 42.4 Å². The van der Waals surface area contributed by atoms with Gasteiger partial charge in [-0.3, -0.25) is 9.69 Å². The van der Waals surface area contributed by atoms with Crippen LogP contribution in [0, 0.1) is 11.6 Å². The number of halogens is 2. The molecule has 0 bridgehead atoms. The van der Waals surface area contributed by atoms with E-state index in [2.05, 4.69) is 13.2 Å². The molecule has 0 atom stereocenters. The minimum atomic E-state index is -0.613. The van der Waals surface area contributed by atoms with E-state index < -0.39 is 11.6 Å². The standard InChI is InChI=1S/C16H20F2N2O/c1-4-8-20(9-5-2)16(21)12-19(3)11-13-6-7-14(17)10-15(13)18/h4-7,10H,1-2,8-9,11-12H2,3H3. The smallest absolute Gasteiger partial charge is 0.237 e. The van der Waals surface area contributed by atoms with Gasteiger partial charge >= 0.3 is 0 Å². The fourth-order valence-corrected chi connectivity index (χ4v) is 1.92. The molecule has 1 aromatic carbocycles. The van der Waals surface area contributed by atoms with Crippen LogP contribution in [-0.2, 0) is 11.3 Å². The summed E-state index contributed by atoms with van der Waals surface area (Å²) < 4.78 is 26.4. The third-order valence-electron chi connectivity index (χ3n) is 2.91. The minimum Gasteiger partial charge on any atom is -0.334 e. The maximum atomic E-state index is 13.6. The molecule has 0 aromatic heterocycles. The summed E-state index contributed by atoms with van der Waals surface area (Å²) in [7, 11) is 1.71. The molecule has 5 heteroatoms. The maximum absolute atomic E-state index is 13.6. The molecule has 21 heavy (non-hydrogen) atoms. The highest BCUT2D eigenvalue weighted by atomic mass is 19.1. The van der Waals surface area contributed by atoms with Gasteiger partial charge in [-0.15, -0.1) is 13.2 Å². The number of rotatable bonds is 8. The van der Waals surface area contributed by atoms with E-state index in [9.17, 15) is 13.6 Å². The molecule has 0 spiro atoms. The van der Waals surface area contributed by atoms with Crippen molar-refractivity contribution >= 4 is 5.91 Å². The number of carbonyl (C=O) groups excluding carboxylic acids is 1. The van der Waals surface area contributed by atoms with E-state index in [0.717, 1.165) is 6.07 Å². The van der Waals surface area contributed by atoms with Gasteiger partial charge in [-0.2, -0.15) is 0 Å². The van der Waals surface area contributed by atoms with Gasteiger partial charge in [0.2, 0.25) is 5.91 Å². The molecule has 1 aromatic rings. The van der Waals surface area contributed by atoms with Crippen molar-refractivity contribution in [3.8, 4) is 0 Å². The summed E-state index contributed by atoms with van der Waals surface area (Å²) in [6.45, 7) is 8.45. The number of benzene rings is 1. The number of hydrogen-bond acceptors (Lipinski definition) is 2. The zero-order chi connectivity index (χ0) is 15.8. The van der Waals surface area contributed by atoms with Gasteiger partial charge in [0.05, 0.1) is 6.54 Å². The third-order valence-corrected chi connectivity index (χ3v) is 2.91. The Balaban J connectivity index is 2.63. The van der Waals surface area contributed by atoms with Crippen LogP contribution in [0.25, 0.3) is 0 Å². The Bertz CT molecular complexity index is 507. The van der Waals surface area contributed by atoms with Crippen molar-refractivity contribution < 1.29 is 13.6 Å². The Labute approximate surface area is 124 Å². The molecular weight excluding hydrogens is 274 g/mol. The maximum Gasteiger partial charge on any atom is 0.237 e. The largest absolute Gasteiger partial charge is 0.334 e. The van der Waals surface area contributed by atoms with Gasteiger partial charge in [-0.05, 0) is 13.1 Å². The summed E-state index contributed by atoms with van der Waals surface area (Å²) in [6.07, 6.45) is 3.28. The highest BCUT2D eigenvalue weighted by Gasteiger charge is 2.14. The van der Waals surface area contributed by atoms with Crippen molar-refractivity contribution in [1.82, 2.24) is 9.80 Å². The lowest BCUT2D eigenvalue weighted by atomic mass is 10.2. The fraction of sp³-hybridized carbons (Fsp3) is 0.312. The second-order valence-corrected chi connectivity index (χ2v) is 4.78. The first kappa shape index (κ1) is 17.0. The first-order valence-corrected chi connectivity index (χ1v) is 6.60. The van der Waals surface area contributed by atoms with Crippen LogP contribution in [0.2, 0.25) is 0 Å². The minimum absolute atomic E-state index is 0.0974. The Morgan fingerprint density at radius 3 is 2.38 bits per heavy atom. The van der Waals surface area contributed by atoms with Gasteiger partial charge < -0.3 is 4.90 Å². The number of amides is 1. The lowest BCUT2D eigenvalue weighted by Crippen LogP contribution is -2.39. The van der Waals surface area contributed by atoms with E-state index in [-0.39, 0.29) is 19.0 Å². The predicted molar refractivity (Wildman–Crippen MR) is 79.7 cm³/mol. The van der Waals surface area contributed by atoms with E-state index in [0.29, 0.717) is 18.7 Å². The molecule has 0 unspecified atom stereocenters. The number of hydrogen-bond donors (Lipinski definition) is 0. The molecule has 0 fully saturated rings. The number of likely N-dealkylation sites (N-methyl/N-ethyl adjacent to an activating group) is 1. The Kier molecular flexibility index (Phi) is 6.75. The average Bonchev–Trinajstić information content (AvgIpc) is 2.41. The predicted octanol–water partition coefficient (Wildman–Crippen LogP) is 2.60. The van der Waals surface area contributed by atoms with E-state index >= 15 is 0 Å². The van der Waals surface area contributed by atoms with Gasteiger partial charge in [0, 0.05) is 31.3 Å². The summed E-state index contributed by atoms with van der Waals surface area (Å²) in [5, 5.41) is 0. The van der Waals surface area contributed by atoms with Gasteiger partial charge in [0.15, 0.2) is 0 Å². The first-order valence-electron chi connectivity index (χ1n) is 6.60. The summed E-state index contributed by atoms with van der Waals surface area (Å²) in [5.74, 6) is -1.32. The number of carbonyl (C=O) groups is 1. The normalized spacial score (nSPS) is 10.5. The molecule has 0 heterocycles. The second kappa shape index (κ2) is 8.32. The quantitative estimate of drug-likeness (QED) is 0.688. The van der Waals surface area contributed by atoms with Crippen LogP contribution < -0.4 is 0 Å². The van der Waals surface area contributed by atoms with Gasteiger partial charge in [0.25, 0.3) is 0 Å². The summed E-state index contributed by atoms with van der Waals surface area (Å²) in [6, 6.07) is 3.43. The Morgan fingerprint density at radius 1 is 1.24 bits per heavy atom. The monoisotopic (exact) mass is 294 g/mol.